The number of pyridine rings is 1. The van der Waals surface area contributed by atoms with Crippen LogP contribution in [-0.2, 0) is 0 Å². The van der Waals surface area contributed by atoms with E-state index >= 15 is 0 Å². The fourth-order valence-corrected chi connectivity index (χ4v) is 2.73. The first-order chi connectivity index (χ1) is 13.1. The van der Waals surface area contributed by atoms with Crippen molar-refractivity contribution >= 4 is 34.7 Å². The van der Waals surface area contributed by atoms with Gasteiger partial charge in [-0.15, -0.1) is 0 Å². The van der Waals surface area contributed by atoms with Gasteiger partial charge < -0.3 is 20.1 Å². The molecule has 6 nitrogen and oxygen atoms in total. The van der Waals surface area contributed by atoms with Crippen LogP contribution in [0, 0.1) is 0 Å². The number of ether oxygens (including phenoxy) is 2. The predicted molar refractivity (Wildman–Crippen MR) is 106 cm³/mol. The third kappa shape index (κ3) is 4.48. The number of methoxy groups -OCH3 is 2. The van der Waals surface area contributed by atoms with Crippen molar-refractivity contribution in [3.63, 3.8) is 0 Å². The second kappa shape index (κ2) is 8.42. The fraction of sp³-hybridized carbons (Fsp3) is 0.100. The van der Waals surface area contributed by atoms with Crippen LogP contribution in [0.3, 0.4) is 0 Å². The van der Waals surface area contributed by atoms with Crippen LogP contribution >= 0.6 is 11.6 Å². The standard InChI is InChI=1S/C20H18ClN3O3/c1-26-17-8-7-14(12-15(17)21)23-19-11-13(9-10-22-19)20(25)24-16-5-3-4-6-18(16)27-2/h3-12H,1-2H3,(H,22,23)(H,24,25). The van der Waals surface area contributed by atoms with Crippen molar-refractivity contribution in [1.29, 1.82) is 0 Å². The van der Waals surface area contributed by atoms with Gasteiger partial charge in [0.1, 0.15) is 17.3 Å². The molecule has 138 valence electrons. The molecular weight excluding hydrogens is 366 g/mol. The minimum atomic E-state index is -0.266. The lowest BCUT2D eigenvalue weighted by molar-refractivity contribution is 0.102. The van der Waals surface area contributed by atoms with Gasteiger partial charge in [-0.2, -0.15) is 0 Å². The number of nitrogens with one attached hydrogen (secondary N) is 2. The van der Waals surface area contributed by atoms with Crippen LogP contribution in [0.4, 0.5) is 17.2 Å². The second-order valence-corrected chi connectivity index (χ2v) is 5.97. The number of carbonyl (C=O) groups is 1. The average molecular weight is 384 g/mol. The lowest BCUT2D eigenvalue weighted by atomic mass is 10.2. The van der Waals surface area contributed by atoms with Crippen LogP contribution in [0.1, 0.15) is 10.4 Å². The molecule has 2 N–H and O–H groups in total. The zero-order valence-electron chi connectivity index (χ0n) is 14.8. The number of carbonyl (C=O) groups excluding carboxylic acids is 1. The molecule has 3 rings (SSSR count). The van der Waals surface area contributed by atoms with E-state index in [1.165, 1.54) is 0 Å². The van der Waals surface area contributed by atoms with Gasteiger partial charge >= 0.3 is 0 Å². The van der Waals surface area contributed by atoms with Crippen LogP contribution in [0.15, 0.2) is 60.8 Å². The summed E-state index contributed by atoms with van der Waals surface area (Å²) in [5.41, 5.74) is 1.78. The number of para-hydroxylation sites is 2. The van der Waals surface area contributed by atoms with Crippen molar-refractivity contribution < 1.29 is 14.3 Å². The zero-order chi connectivity index (χ0) is 19.2. The van der Waals surface area contributed by atoms with Gasteiger partial charge in [-0.1, -0.05) is 23.7 Å². The first-order valence-corrected chi connectivity index (χ1v) is 8.49. The molecule has 7 heteroatoms. The van der Waals surface area contributed by atoms with Gasteiger partial charge in [0.15, 0.2) is 0 Å². The van der Waals surface area contributed by atoms with Crippen molar-refractivity contribution in [1.82, 2.24) is 4.98 Å². The lowest BCUT2D eigenvalue weighted by Gasteiger charge is -2.11. The molecule has 27 heavy (non-hydrogen) atoms. The van der Waals surface area contributed by atoms with Crippen LogP contribution in [0.2, 0.25) is 5.02 Å². The number of hydrogen-bond donors (Lipinski definition) is 2. The average Bonchev–Trinajstić information content (AvgIpc) is 2.69. The summed E-state index contributed by atoms with van der Waals surface area (Å²) in [7, 11) is 3.11. The van der Waals surface area contributed by atoms with Crippen LogP contribution < -0.4 is 20.1 Å². The molecule has 2 aromatic carbocycles. The maximum absolute atomic E-state index is 12.6. The van der Waals surface area contributed by atoms with E-state index in [4.69, 9.17) is 21.1 Å². The number of amides is 1. The summed E-state index contributed by atoms with van der Waals surface area (Å²) in [6.07, 6.45) is 1.56. The van der Waals surface area contributed by atoms with E-state index in [0.29, 0.717) is 33.6 Å². The summed E-state index contributed by atoms with van der Waals surface area (Å²) < 4.78 is 10.4. The monoisotopic (exact) mass is 383 g/mol. The van der Waals surface area contributed by atoms with Crippen LogP contribution in [-0.4, -0.2) is 25.1 Å². The van der Waals surface area contributed by atoms with Crippen LogP contribution in [0.5, 0.6) is 11.5 Å². The molecule has 0 saturated heterocycles. The first-order valence-electron chi connectivity index (χ1n) is 8.11. The molecule has 1 heterocycles. The molecule has 0 aliphatic heterocycles. The number of hydrogen-bond acceptors (Lipinski definition) is 5. The molecular formula is C20H18ClN3O3. The molecule has 0 radical (unpaired) electrons. The van der Waals surface area contributed by atoms with E-state index in [1.807, 2.05) is 18.2 Å². The van der Waals surface area contributed by atoms with Crippen molar-refractivity contribution in [3.05, 3.63) is 71.4 Å². The fourth-order valence-electron chi connectivity index (χ4n) is 2.47. The largest absolute Gasteiger partial charge is 0.495 e. The number of anilines is 3. The minimum absolute atomic E-state index is 0.266. The van der Waals surface area contributed by atoms with Crippen molar-refractivity contribution in [2.75, 3.05) is 24.9 Å². The van der Waals surface area contributed by atoms with Gasteiger partial charge in [0.25, 0.3) is 5.91 Å². The molecule has 0 saturated carbocycles. The normalized spacial score (nSPS) is 10.2. The first kappa shape index (κ1) is 18.5. The predicted octanol–water partition coefficient (Wildman–Crippen LogP) is 4.75. The van der Waals surface area contributed by atoms with Gasteiger partial charge in [-0.25, -0.2) is 4.98 Å². The molecule has 0 spiro atoms. The molecule has 1 aromatic heterocycles. The van der Waals surface area contributed by atoms with Crippen molar-refractivity contribution in [2.45, 2.75) is 0 Å². The molecule has 0 bridgehead atoms. The summed E-state index contributed by atoms with van der Waals surface area (Å²) in [5, 5.41) is 6.44. The number of benzene rings is 2. The van der Waals surface area contributed by atoms with Crippen molar-refractivity contribution in [2.24, 2.45) is 0 Å². The van der Waals surface area contributed by atoms with Gasteiger partial charge in [-0.05, 0) is 42.5 Å². The summed E-state index contributed by atoms with van der Waals surface area (Å²) in [4.78, 5) is 16.8. The Kier molecular flexibility index (Phi) is 5.78. The number of rotatable bonds is 6. The maximum Gasteiger partial charge on any atom is 0.255 e. The molecule has 1 amide bonds. The summed E-state index contributed by atoms with van der Waals surface area (Å²) in [6, 6.07) is 15.8. The number of nitrogens with zero attached hydrogens (tertiary/aromatic N) is 1. The van der Waals surface area contributed by atoms with E-state index in [2.05, 4.69) is 15.6 Å². The van der Waals surface area contributed by atoms with E-state index in [9.17, 15) is 4.79 Å². The second-order valence-electron chi connectivity index (χ2n) is 5.56. The topological polar surface area (TPSA) is 72.5 Å². The Hall–Kier alpha value is -3.25. The molecule has 0 fully saturated rings. The van der Waals surface area contributed by atoms with Gasteiger partial charge in [0, 0.05) is 17.4 Å². The maximum atomic E-state index is 12.6. The summed E-state index contributed by atoms with van der Waals surface area (Å²) >= 11 is 6.13. The molecule has 3 aromatic rings. The van der Waals surface area contributed by atoms with Crippen LogP contribution in [0.25, 0.3) is 0 Å². The Morgan fingerprint density at radius 1 is 1.00 bits per heavy atom. The Balaban J connectivity index is 1.77. The molecule has 0 aliphatic rings. The van der Waals surface area contributed by atoms with Gasteiger partial charge in [0.2, 0.25) is 0 Å². The lowest BCUT2D eigenvalue weighted by Crippen LogP contribution is -2.13. The molecule has 0 unspecified atom stereocenters. The van der Waals surface area contributed by atoms with E-state index < -0.39 is 0 Å². The number of aromatic nitrogens is 1. The highest BCUT2D eigenvalue weighted by atomic mass is 35.5. The molecule has 0 atom stereocenters. The Labute approximate surface area is 162 Å². The molecule has 0 aliphatic carbocycles. The van der Waals surface area contributed by atoms with E-state index in [1.54, 1.807) is 56.8 Å². The van der Waals surface area contributed by atoms with E-state index in [-0.39, 0.29) is 5.91 Å². The highest BCUT2D eigenvalue weighted by molar-refractivity contribution is 6.32. The zero-order valence-corrected chi connectivity index (χ0v) is 15.6. The summed E-state index contributed by atoms with van der Waals surface area (Å²) in [6.45, 7) is 0. The highest BCUT2D eigenvalue weighted by Gasteiger charge is 2.11. The smallest absolute Gasteiger partial charge is 0.255 e. The highest BCUT2D eigenvalue weighted by Crippen LogP contribution is 2.29. The summed E-state index contributed by atoms with van der Waals surface area (Å²) in [5.74, 6) is 1.42. The Bertz CT molecular complexity index is 963. The SMILES string of the molecule is COc1ccc(Nc2cc(C(=O)Nc3ccccc3OC)ccn2)cc1Cl. The third-order valence-corrected chi connectivity index (χ3v) is 4.10. The van der Waals surface area contributed by atoms with Gasteiger partial charge in [-0.3, -0.25) is 4.79 Å². The Morgan fingerprint density at radius 3 is 2.52 bits per heavy atom. The van der Waals surface area contributed by atoms with Gasteiger partial charge in [0.05, 0.1) is 24.9 Å². The van der Waals surface area contributed by atoms with Crippen molar-refractivity contribution in [3.8, 4) is 11.5 Å². The quantitative estimate of drug-likeness (QED) is 0.642. The minimum Gasteiger partial charge on any atom is -0.495 e. The Morgan fingerprint density at radius 2 is 1.78 bits per heavy atom. The third-order valence-electron chi connectivity index (χ3n) is 3.80. The van der Waals surface area contributed by atoms with E-state index in [0.717, 1.165) is 5.69 Å². The number of halogens is 1.